The van der Waals surface area contributed by atoms with E-state index in [1.54, 1.807) is 0 Å². The van der Waals surface area contributed by atoms with Crippen LogP contribution in [-0.2, 0) is 24.4 Å². The number of carboxylic acid groups (broad SMARTS) is 1. The average Bonchev–Trinajstić information content (AvgIpc) is 3.25. The molecule has 0 saturated carbocycles. The van der Waals surface area contributed by atoms with Gasteiger partial charge in [0.2, 0.25) is 5.52 Å². The second kappa shape index (κ2) is 50.8. The Morgan fingerprint density at radius 1 is 0.842 bits per heavy atom. The number of aromatic amines is 1. The van der Waals surface area contributed by atoms with Gasteiger partial charge in [0.25, 0.3) is 0 Å². The van der Waals surface area contributed by atoms with Crippen LogP contribution in [0.25, 0.3) is 10.9 Å². The number of alkyl halides is 3. The van der Waals surface area contributed by atoms with E-state index in [0.29, 0.717) is 17.5 Å². The quantitative estimate of drug-likeness (QED) is 0.251. The maximum Gasteiger partial charge on any atom is 0.430 e. The normalized spacial score (nSPS) is 11.6. The first-order valence-electron chi connectivity index (χ1n) is 11.0. The summed E-state index contributed by atoms with van der Waals surface area (Å²) < 4.78 is 33.4. The number of benzene rings is 1. The van der Waals surface area contributed by atoms with Crippen LogP contribution in [0.4, 0.5) is 18.9 Å². The van der Waals surface area contributed by atoms with E-state index < -0.39 is 12.1 Å². The van der Waals surface area contributed by atoms with Crippen molar-refractivity contribution in [3.05, 3.63) is 58.0 Å². The van der Waals surface area contributed by atoms with Crippen molar-refractivity contribution in [2.45, 2.75) is 214 Å². The number of hydrogen-bond donors (Lipinski definition) is 2. The van der Waals surface area contributed by atoms with Crippen molar-refractivity contribution in [3.8, 4) is 0 Å². The molecule has 5 rings (SSSR count). The lowest BCUT2D eigenvalue weighted by Gasteiger charge is -2.34. The number of nitrogens with two attached hydrogens (primary N) is 1. The fourth-order valence-electron chi connectivity index (χ4n) is 4.84. The molecule has 2 unspecified atom stereocenters. The van der Waals surface area contributed by atoms with Crippen LogP contribution < -0.4 is 15.8 Å². The number of nitrogens with zero attached hydrogens (tertiary/aromatic N) is 3. The summed E-state index contributed by atoms with van der Waals surface area (Å²) in [6, 6.07) is 5.87. The number of carboxylic acids is 1. The summed E-state index contributed by atoms with van der Waals surface area (Å²) in [5.74, 6) is -2.02. The largest absolute Gasteiger partial charge is 0.542 e. The summed E-state index contributed by atoms with van der Waals surface area (Å²) in [5.41, 5.74) is 13.2. The molecule has 0 fully saturated rings. The third-order valence-electron chi connectivity index (χ3n) is 6.26. The van der Waals surface area contributed by atoms with Crippen LogP contribution in [-0.4, -0.2) is 32.2 Å². The molecular formula is C45H111ClF3N5O3. The molecule has 8 nitrogen and oxygen atoms in total. The SMILES string of the molecule is C.C.C.C.C.C.C.C.C.C.C.C.C.C.C.C.C.C.C.C.C.C.Nc1c2c([nH+]c3cc(Cl)ccc13)CC1C=C(CCn3cc(CO)nn3)CC2C1.O=C([O-])C(F)(F)F. The third-order valence-corrected chi connectivity index (χ3v) is 6.49. The smallest absolute Gasteiger partial charge is 0.430 e. The number of aliphatic carboxylic acids is 1. The minimum Gasteiger partial charge on any atom is -0.542 e. The van der Waals surface area contributed by atoms with Gasteiger partial charge < -0.3 is 20.7 Å². The molecule has 12 heteroatoms. The molecule has 2 heterocycles. The van der Waals surface area contributed by atoms with E-state index in [1.165, 1.54) is 16.8 Å². The van der Waals surface area contributed by atoms with Gasteiger partial charge in [0.15, 0.2) is 5.69 Å². The number of nitrogen functional groups attached to an aromatic ring is 1. The van der Waals surface area contributed by atoms with Crippen molar-refractivity contribution in [1.82, 2.24) is 15.0 Å². The summed E-state index contributed by atoms with van der Waals surface area (Å²) in [6.07, 6.45) is 3.18. The average molecular weight is 863 g/mol. The highest BCUT2D eigenvalue weighted by Crippen LogP contribution is 2.46. The van der Waals surface area contributed by atoms with Gasteiger partial charge in [-0.2, -0.15) is 13.2 Å². The highest BCUT2D eigenvalue weighted by atomic mass is 35.5. The zero-order valence-corrected chi connectivity index (χ0v) is 19.2. The van der Waals surface area contributed by atoms with E-state index in [2.05, 4.69) is 21.4 Å². The molecule has 2 bridgehead atoms. The molecule has 0 radical (unpaired) electrons. The number of carbonyl (C=O) groups excluding carboxylic acids is 1. The summed E-state index contributed by atoms with van der Waals surface area (Å²) in [4.78, 5) is 12.4. The molecule has 3 aromatic rings. The first kappa shape index (κ1) is 124. The third kappa shape index (κ3) is 29.7. The van der Waals surface area contributed by atoms with Crippen molar-refractivity contribution >= 4 is 34.2 Å². The number of pyridine rings is 1. The van der Waals surface area contributed by atoms with Gasteiger partial charge in [-0.15, -0.1) is 5.10 Å². The highest BCUT2D eigenvalue weighted by Gasteiger charge is 2.36. The van der Waals surface area contributed by atoms with E-state index in [9.17, 15) is 13.2 Å². The van der Waals surface area contributed by atoms with Gasteiger partial charge in [0, 0.05) is 29.6 Å². The lowest BCUT2D eigenvalue weighted by molar-refractivity contribution is -0.360. The van der Waals surface area contributed by atoms with E-state index in [0.717, 1.165) is 53.8 Å². The van der Waals surface area contributed by atoms with Gasteiger partial charge in [-0.25, -0.2) is 4.98 Å². The molecule has 0 saturated heterocycles. The van der Waals surface area contributed by atoms with Gasteiger partial charge in [-0.05, 0) is 43.2 Å². The van der Waals surface area contributed by atoms with Crippen molar-refractivity contribution in [2.24, 2.45) is 5.92 Å². The van der Waals surface area contributed by atoms with Gasteiger partial charge in [-0.1, -0.05) is 192 Å². The second-order valence-electron chi connectivity index (χ2n) is 8.71. The molecule has 0 spiro atoms. The molecule has 4 N–H and O–H groups in total. The van der Waals surface area contributed by atoms with E-state index in [1.807, 2.05) is 29.1 Å². The molecule has 2 atom stereocenters. The number of aliphatic hydroxyl groups excluding tert-OH is 1. The topological polar surface area (TPSA) is 131 Å². The zero-order chi connectivity index (χ0) is 25.3. The lowest BCUT2D eigenvalue weighted by Crippen LogP contribution is -2.37. The fraction of sp³-hybridized carbons (Fsp3) is 0.689. The number of hydrogen-bond acceptors (Lipinski definition) is 6. The van der Waals surface area contributed by atoms with E-state index in [4.69, 9.17) is 32.3 Å². The second-order valence-corrected chi connectivity index (χ2v) is 9.15. The van der Waals surface area contributed by atoms with Crippen molar-refractivity contribution in [1.29, 1.82) is 0 Å². The first-order chi connectivity index (χ1) is 16.5. The Morgan fingerprint density at radius 2 is 1.30 bits per heavy atom. The van der Waals surface area contributed by atoms with Crippen LogP contribution in [0.2, 0.25) is 5.02 Å². The lowest BCUT2D eigenvalue weighted by atomic mass is 9.70. The molecule has 0 aliphatic heterocycles. The van der Waals surface area contributed by atoms with Gasteiger partial charge in [0.1, 0.15) is 11.7 Å². The first-order valence-corrected chi connectivity index (χ1v) is 11.3. The Hall–Kier alpha value is -3.18. The van der Waals surface area contributed by atoms with Crippen LogP contribution in [0, 0.1) is 5.92 Å². The maximum absolute atomic E-state index is 10.5. The Labute approximate surface area is 365 Å². The number of carbonyl (C=O) groups is 1. The highest BCUT2D eigenvalue weighted by molar-refractivity contribution is 6.31. The molecule has 2 aliphatic rings. The number of aliphatic hydroxyl groups is 1. The van der Waals surface area contributed by atoms with E-state index >= 15 is 0 Å². The zero-order valence-electron chi connectivity index (χ0n) is 18.5. The van der Waals surface area contributed by atoms with Crippen molar-refractivity contribution in [2.75, 3.05) is 5.73 Å². The molecule has 1 aromatic carbocycles. The number of nitrogens with one attached hydrogen (secondary N) is 1. The molecule has 2 aromatic heterocycles. The van der Waals surface area contributed by atoms with Crippen LogP contribution in [0.3, 0.4) is 0 Å². The fourth-order valence-corrected chi connectivity index (χ4v) is 5.01. The Bertz CT molecular complexity index is 1300. The van der Waals surface area contributed by atoms with E-state index in [-0.39, 0.29) is 170 Å². The maximum atomic E-state index is 10.5. The minimum atomic E-state index is -5.19. The number of aryl methyl sites for hydroxylation is 1. The number of anilines is 1. The molecule has 2 aliphatic carbocycles. The van der Waals surface area contributed by atoms with Crippen LogP contribution in [0.1, 0.15) is 206 Å². The number of rotatable bonds is 4. The minimum absolute atomic E-state index is 0. The molecular weight excluding hydrogens is 751 g/mol. The number of halogens is 4. The predicted octanol–water partition coefficient (Wildman–Crippen LogP) is 16.3. The molecule has 0 amide bonds. The number of aromatic nitrogens is 4. The Kier molecular flexibility index (Phi) is 110. The Morgan fingerprint density at radius 3 is 1.70 bits per heavy atom. The summed E-state index contributed by atoms with van der Waals surface area (Å²) in [5, 5.41) is 27.7. The molecule has 362 valence electrons. The van der Waals surface area contributed by atoms with Crippen molar-refractivity contribution in [3.63, 3.8) is 0 Å². The van der Waals surface area contributed by atoms with Crippen LogP contribution in [0.5, 0.6) is 0 Å². The van der Waals surface area contributed by atoms with Gasteiger partial charge in [0.05, 0.1) is 23.9 Å². The summed E-state index contributed by atoms with van der Waals surface area (Å²) in [7, 11) is 0. The number of H-pyrrole nitrogens is 1. The molecule has 57 heavy (non-hydrogen) atoms. The van der Waals surface area contributed by atoms with Gasteiger partial charge >= 0.3 is 6.18 Å². The standard InChI is InChI=1S/C21H22ClN5O.C2HF3O2.22CH4/c22-15-1-2-17-18(9-15)24-19-8-13-5-12(6-14(7-13)20(19)21(17)23)3-4-27-10-16(11-28)25-26-27;3-2(4,5)1(6)7;;;;;;;;;;;;;;;;;;;;;;/h1-2,5,9-10,13-14,28H,3-4,6-8,11H2,(H2,23,24);(H,6,7);22*1H4. The van der Waals surface area contributed by atoms with Crippen LogP contribution >= 0.6 is 11.6 Å². The number of allylic oxidation sites excluding steroid dienone is 2. The summed E-state index contributed by atoms with van der Waals surface area (Å²) in [6.45, 7) is 0.710. The van der Waals surface area contributed by atoms with Crippen molar-refractivity contribution < 1.29 is 33.2 Å². The monoisotopic (exact) mass is 862 g/mol. The Balaban J connectivity index is -0.0000000273. The van der Waals surface area contributed by atoms with Crippen LogP contribution in [0.15, 0.2) is 36.0 Å². The summed E-state index contributed by atoms with van der Waals surface area (Å²) >= 11 is 6.17. The predicted molar refractivity (Wildman–Crippen MR) is 267 cm³/mol. The number of fused-ring (bicyclic) bond motifs is 5. The van der Waals surface area contributed by atoms with Gasteiger partial charge in [-0.3, -0.25) is 4.68 Å².